The highest BCUT2D eigenvalue weighted by atomic mass is 35.5. The van der Waals surface area contributed by atoms with Crippen molar-refractivity contribution >= 4 is 22.6 Å². The van der Waals surface area contributed by atoms with Crippen molar-refractivity contribution in [2.45, 2.75) is 6.04 Å². The molecule has 2 aromatic carbocycles. The molecule has 0 bridgehead atoms. The van der Waals surface area contributed by atoms with Gasteiger partial charge in [-0.25, -0.2) is 5.43 Å². The van der Waals surface area contributed by atoms with Crippen LogP contribution in [0, 0.1) is 0 Å². The van der Waals surface area contributed by atoms with E-state index in [1.807, 2.05) is 48.5 Å². The van der Waals surface area contributed by atoms with Crippen LogP contribution in [-0.4, -0.2) is 0 Å². The Kier molecular flexibility index (Phi) is 3.25. The van der Waals surface area contributed by atoms with Crippen molar-refractivity contribution in [3.8, 4) is 0 Å². The van der Waals surface area contributed by atoms with Crippen LogP contribution in [-0.2, 0) is 0 Å². The Bertz CT molecular complexity index is 708. The SMILES string of the molecule is NNC(c1cccc(Cl)c1)c1coc2ccccc12. The molecule has 0 saturated heterocycles. The van der Waals surface area contributed by atoms with Gasteiger partial charge in [0.2, 0.25) is 0 Å². The van der Waals surface area contributed by atoms with E-state index in [1.54, 1.807) is 6.26 Å². The van der Waals surface area contributed by atoms with Crippen molar-refractivity contribution in [1.29, 1.82) is 0 Å². The molecule has 0 amide bonds. The molecule has 0 aliphatic rings. The van der Waals surface area contributed by atoms with Gasteiger partial charge in [0.05, 0.1) is 12.3 Å². The third-order valence-electron chi connectivity index (χ3n) is 3.17. The number of fused-ring (bicyclic) bond motifs is 1. The van der Waals surface area contributed by atoms with Gasteiger partial charge < -0.3 is 4.42 Å². The minimum atomic E-state index is -0.151. The predicted octanol–water partition coefficient (Wildman–Crippen LogP) is 3.64. The molecule has 3 aromatic rings. The Morgan fingerprint density at radius 3 is 2.74 bits per heavy atom. The molecule has 19 heavy (non-hydrogen) atoms. The maximum absolute atomic E-state index is 6.03. The molecule has 0 fully saturated rings. The highest BCUT2D eigenvalue weighted by molar-refractivity contribution is 6.30. The molecule has 0 spiro atoms. The number of nitrogens with two attached hydrogens (primary N) is 1. The fourth-order valence-electron chi connectivity index (χ4n) is 2.27. The first-order valence-corrected chi connectivity index (χ1v) is 6.35. The lowest BCUT2D eigenvalue weighted by atomic mass is 9.99. The highest BCUT2D eigenvalue weighted by Crippen LogP contribution is 2.30. The molecule has 1 atom stereocenters. The normalized spacial score (nSPS) is 12.7. The molecule has 1 aromatic heterocycles. The van der Waals surface area contributed by atoms with Crippen LogP contribution in [0.4, 0.5) is 0 Å². The zero-order valence-electron chi connectivity index (χ0n) is 10.1. The van der Waals surface area contributed by atoms with Gasteiger partial charge >= 0.3 is 0 Å². The molecule has 3 N–H and O–H groups in total. The summed E-state index contributed by atoms with van der Waals surface area (Å²) in [4.78, 5) is 0. The number of hydrazine groups is 1. The molecule has 3 rings (SSSR count). The van der Waals surface area contributed by atoms with Crippen molar-refractivity contribution < 1.29 is 4.42 Å². The van der Waals surface area contributed by atoms with Crippen molar-refractivity contribution in [3.05, 3.63) is 70.9 Å². The van der Waals surface area contributed by atoms with Crippen LogP contribution in [0.2, 0.25) is 5.02 Å². The van der Waals surface area contributed by atoms with Gasteiger partial charge in [-0.1, -0.05) is 41.9 Å². The molecule has 96 valence electrons. The van der Waals surface area contributed by atoms with E-state index in [9.17, 15) is 0 Å². The van der Waals surface area contributed by atoms with E-state index in [2.05, 4.69) is 5.43 Å². The summed E-state index contributed by atoms with van der Waals surface area (Å²) in [6.07, 6.45) is 1.73. The van der Waals surface area contributed by atoms with Gasteiger partial charge in [0.1, 0.15) is 5.58 Å². The summed E-state index contributed by atoms with van der Waals surface area (Å²) in [6, 6.07) is 15.4. The second-order valence-electron chi connectivity index (χ2n) is 4.34. The fraction of sp³-hybridized carbons (Fsp3) is 0.0667. The molecule has 0 radical (unpaired) electrons. The van der Waals surface area contributed by atoms with Crippen LogP contribution in [0.1, 0.15) is 17.2 Å². The lowest BCUT2D eigenvalue weighted by Gasteiger charge is -2.15. The molecule has 0 aliphatic heterocycles. The molecule has 1 heterocycles. The van der Waals surface area contributed by atoms with Gasteiger partial charge in [0, 0.05) is 16.0 Å². The summed E-state index contributed by atoms with van der Waals surface area (Å²) in [5.41, 5.74) is 5.67. The predicted molar refractivity (Wildman–Crippen MR) is 76.8 cm³/mol. The molecule has 4 heteroatoms. The number of hydrogen-bond donors (Lipinski definition) is 2. The largest absolute Gasteiger partial charge is 0.464 e. The zero-order chi connectivity index (χ0) is 13.2. The smallest absolute Gasteiger partial charge is 0.134 e. The van der Waals surface area contributed by atoms with E-state index in [1.165, 1.54) is 0 Å². The van der Waals surface area contributed by atoms with Gasteiger partial charge in [-0.2, -0.15) is 0 Å². The lowest BCUT2D eigenvalue weighted by Crippen LogP contribution is -2.28. The second-order valence-corrected chi connectivity index (χ2v) is 4.78. The van der Waals surface area contributed by atoms with Crippen LogP contribution in [0.3, 0.4) is 0 Å². The fourth-order valence-corrected chi connectivity index (χ4v) is 2.47. The summed E-state index contributed by atoms with van der Waals surface area (Å²) in [5, 5.41) is 1.73. The zero-order valence-corrected chi connectivity index (χ0v) is 10.9. The van der Waals surface area contributed by atoms with E-state index in [0.717, 1.165) is 22.1 Å². The van der Waals surface area contributed by atoms with E-state index in [-0.39, 0.29) is 6.04 Å². The second kappa shape index (κ2) is 5.05. The molecule has 1 unspecified atom stereocenters. The minimum absolute atomic E-state index is 0.151. The van der Waals surface area contributed by atoms with Crippen molar-refractivity contribution in [2.75, 3.05) is 0 Å². The molecule has 3 nitrogen and oxygen atoms in total. The first-order valence-electron chi connectivity index (χ1n) is 5.97. The maximum Gasteiger partial charge on any atom is 0.134 e. The Morgan fingerprint density at radius 1 is 1.11 bits per heavy atom. The van der Waals surface area contributed by atoms with Crippen LogP contribution in [0.25, 0.3) is 11.0 Å². The average Bonchev–Trinajstić information content (AvgIpc) is 2.84. The summed E-state index contributed by atoms with van der Waals surface area (Å²) in [6.45, 7) is 0. The average molecular weight is 273 g/mol. The third kappa shape index (κ3) is 2.24. The molecular weight excluding hydrogens is 260 g/mol. The number of halogens is 1. The number of nitrogens with one attached hydrogen (secondary N) is 1. The van der Waals surface area contributed by atoms with Crippen LogP contribution >= 0.6 is 11.6 Å². The Balaban J connectivity index is 2.12. The molecule has 0 saturated carbocycles. The van der Waals surface area contributed by atoms with Gasteiger partial charge in [0.15, 0.2) is 0 Å². The number of para-hydroxylation sites is 1. The van der Waals surface area contributed by atoms with E-state index >= 15 is 0 Å². The quantitative estimate of drug-likeness (QED) is 0.565. The lowest BCUT2D eigenvalue weighted by molar-refractivity contribution is 0.586. The van der Waals surface area contributed by atoms with Gasteiger partial charge in [-0.05, 0) is 23.8 Å². The Morgan fingerprint density at radius 2 is 1.95 bits per heavy atom. The van der Waals surface area contributed by atoms with Gasteiger partial charge in [0.25, 0.3) is 0 Å². The van der Waals surface area contributed by atoms with E-state index < -0.39 is 0 Å². The van der Waals surface area contributed by atoms with Crippen molar-refractivity contribution in [2.24, 2.45) is 5.84 Å². The summed E-state index contributed by atoms with van der Waals surface area (Å²) < 4.78 is 5.56. The monoisotopic (exact) mass is 272 g/mol. The molecule has 0 aliphatic carbocycles. The Labute approximate surface area is 115 Å². The standard InChI is InChI=1S/C15H13ClN2O/c16-11-5-3-4-10(8-11)15(18-17)13-9-19-14-7-2-1-6-12(13)14/h1-9,15,18H,17H2. The van der Waals surface area contributed by atoms with Crippen LogP contribution in [0.5, 0.6) is 0 Å². The van der Waals surface area contributed by atoms with Crippen molar-refractivity contribution in [3.63, 3.8) is 0 Å². The third-order valence-corrected chi connectivity index (χ3v) is 3.41. The Hall–Kier alpha value is -1.81. The first-order chi connectivity index (χ1) is 9.29. The number of benzene rings is 2. The summed E-state index contributed by atoms with van der Waals surface area (Å²) >= 11 is 6.03. The highest BCUT2D eigenvalue weighted by Gasteiger charge is 2.17. The number of hydrogen-bond acceptors (Lipinski definition) is 3. The summed E-state index contributed by atoms with van der Waals surface area (Å²) in [7, 11) is 0. The first kappa shape index (κ1) is 12.2. The maximum atomic E-state index is 6.03. The van der Waals surface area contributed by atoms with Gasteiger partial charge in [-0.15, -0.1) is 0 Å². The number of furan rings is 1. The van der Waals surface area contributed by atoms with E-state index in [4.69, 9.17) is 21.9 Å². The summed E-state index contributed by atoms with van der Waals surface area (Å²) in [5.74, 6) is 5.70. The van der Waals surface area contributed by atoms with Crippen molar-refractivity contribution in [1.82, 2.24) is 5.43 Å². The van der Waals surface area contributed by atoms with E-state index in [0.29, 0.717) is 5.02 Å². The van der Waals surface area contributed by atoms with Crippen LogP contribution < -0.4 is 11.3 Å². The number of rotatable bonds is 3. The van der Waals surface area contributed by atoms with Gasteiger partial charge in [-0.3, -0.25) is 5.84 Å². The minimum Gasteiger partial charge on any atom is -0.464 e. The molecular formula is C15H13ClN2O. The topological polar surface area (TPSA) is 51.2 Å². The van der Waals surface area contributed by atoms with Crippen LogP contribution in [0.15, 0.2) is 59.2 Å².